The highest BCUT2D eigenvalue weighted by molar-refractivity contribution is 6.50. The van der Waals surface area contributed by atoms with E-state index in [1.54, 1.807) is 0 Å². The van der Waals surface area contributed by atoms with Crippen LogP contribution in [0.2, 0.25) is 0 Å². The van der Waals surface area contributed by atoms with Gasteiger partial charge < -0.3 is 17.3 Å². The lowest BCUT2D eigenvalue weighted by Crippen LogP contribution is -2.33. The van der Waals surface area contributed by atoms with Crippen molar-refractivity contribution in [2.45, 2.75) is 0 Å². The van der Waals surface area contributed by atoms with Crippen LogP contribution in [0, 0.1) is 0 Å². The Morgan fingerprint density at radius 2 is 0.917 bits per heavy atom. The van der Waals surface area contributed by atoms with E-state index in [9.17, 15) is 17.3 Å². The fourth-order valence-corrected chi connectivity index (χ4v) is 2.38. The molecule has 6 heteroatoms. The van der Waals surface area contributed by atoms with Gasteiger partial charge >= 0.3 is 7.25 Å². The van der Waals surface area contributed by atoms with Crippen LogP contribution in [0.5, 0.6) is 0 Å². The number of rotatable bonds is 2. The Hall–Kier alpha value is -2.63. The molecule has 0 bridgehead atoms. The summed E-state index contributed by atoms with van der Waals surface area (Å²) in [5.41, 5.74) is 4.93. The Labute approximate surface area is 138 Å². The first kappa shape index (κ1) is 17.7. The highest BCUT2D eigenvalue weighted by Crippen LogP contribution is 2.20. The first-order valence-electron chi connectivity index (χ1n) is 7.33. The smallest absolute Gasteiger partial charge is 0.418 e. The predicted molar refractivity (Wildman–Crippen MR) is 88.7 cm³/mol. The molecule has 0 unspecified atom stereocenters. The molecule has 0 aliphatic heterocycles. The number of benzene rings is 2. The maximum atomic E-state index is 9.75. The van der Waals surface area contributed by atoms with E-state index in [2.05, 4.69) is 78.3 Å². The first-order valence-corrected chi connectivity index (χ1v) is 7.33. The first-order chi connectivity index (χ1) is 11.4. The molecule has 0 aliphatic rings. The largest absolute Gasteiger partial charge is 0.673 e. The summed E-state index contributed by atoms with van der Waals surface area (Å²) in [4.78, 5) is 0. The fraction of sp³-hybridized carbons (Fsp3) is 0.0556. The summed E-state index contributed by atoms with van der Waals surface area (Å²) < 4.78 is 41.2. The number of halogens is 4. The van der Waals surface area contributed by atoms with E-state index in [0.29, 0.717) is 0 Å². The maximum Gasteiger partial charge on any atom is 0.673 e. The SMILES string of the molecule is C[n+]1c(-c2ccccc2)cccc1-c1ccccc1.F[B-](F)(F)F. The zero-order chi connectivity index (χ0) is 17.6. The Morgan fingerprint density at radius 3 is 1.25 bits per heavy atom. The number of aromatic nitrogens is 1. The molecule has 0 radical (unpaired) electrons. The van der Waals surface area contributed by atoms with Crippen LogP contribution in [0.1, 0.15) is 0 Å². The van der Waals surface area contributed by atoms with Gasteiger partial charge in [-0.15, -0.1) is 0 Å². The predicted octanol–water partition coefficient (Wildman–Crippen LogP) is 5.15. The van der Waals surface area contributed by atoms with Crippen LogP contribution in [-0.2, 0) is 7.05 Å². The average Bonchev–Trinajstić information content (AvgIpc) is 2.55. The molecule has 3 rings (SSSR count). The highest BCUT2D eigenvalue weighted by Gasteiger charge is 2.20. The van der Waals surface area contributed by atoms with Crippen molar-refractivity contribution < 1.29 is 21.8 Å². The van der Waals surface area contributed by atoms with Gasteiger partial charge in [-0.3, -0.25) is 0 Å². The van der Waals surface area contributed by atoms with Crippen LogP contribution in [0.4, 0.5) is 17.3 Å². The molecule has 0 amide bonds. The lowest BCUT2D eigenvalue weighted by atomic mass is 10.1. The minimum Gasteiger partial charge on any atom is -0.418 e. The van der Waals surface area contributed by atoms with Crippen molar-refractivity contribution in [2.24, 2.45) is 7.05 Å². The van der Waals surface area contributed by atoms with E-state index < -0.39 is 7.25 Å². The topological polar surface area (TPSA) is 3.88 Å². The molecule has 0 aliphatic carbocycles. The summed E-state index contributed by atoms with van der Waals surface area (Å²) in [6, 6.07) is 27.4. The van der Waals surface area contributed by atoms with Gasteiger partial charge in [0.1, 0.15) is 7.05 Å². The molecule has 1 heterocycles. The van der Waals surface area contributed by atoms with E-state index >= 15 is 0 Å². The molecule has 0 atom stereocenters. The van der Waals surface area contributed by atoms with E-state index in [1.807, 2.05) is 12.1 Å². The zero-order valence-electron chi connectivity index (χ0n) is 13.0. The van der Waals surface area contributed by atoms with Gasteiger partial charge in [0.25, 0.3) is 0 Å². The van der Waals surface area contributed by atoms with Gasteiger partial charge in [-0.2, -0.15) is 4.57 Å². The summed E-state index contributed by atoms with van der Waals surface area (Å²) in [5, 5.41) is 0. The van der Waals surface area contributed by atoms with Crippen LogP contribution in [0.15, 0.2) is 78.9 Å². The molecule has 0 spiro atoms. The molecular formula is C18H16BF4N. The summed E-state index contributed by atoms with van der Waals surface area (Å²) in [6.45, 7) is 0. The molecule has 0 N–H and O–H groups in total. The van der Waals surface area contributed by atoms with Gasteiger partial charge in [-0.05, 0) is 30.3 Å². The van der Waals surface area contributed by atoms with E-state index in [4.69, 9.17) is 0 Å². The molecule has 24 heavy (non-hydrogen) atoms. The highest BCUT2D eigenvalue weighted by atomic mass is 19.5. The molecule has 0 saturated heterocycles. The maximum absolute atomic E-state index is 9.75. The Kier molecular flexibility index (Phi) is 5.74. The second kappa shape index (κ2) is 7.77. The van der Waals surface area contributed by atoms with Crippen LogP contribution < -0.4 is 4.57 Å². The summed E-state index contributed by atoms with van der Waals surface area (Å²) in [5.74, 6) is 0. The van der Waals surface area contributed by atoms with Crippen LogP contribution in [0.25, 0.3) is 22.5 Å². The summed E-state index contributed by atoms with van der Waals surface area (Å²) in [7, 11) is -3.88. The molecule has 0 saturated carbocycles. The van der Waals surface area contributed by atoms with Gasteiger partial charge in [0.05, 0.1) is 0 Å². The second-order valence-electron chi connectivity index (χ2n) is 5.08. The number of pyridine rings is 1. The summed E-state index contributed by atoms with van der Waals surface area (Å²) in [6.07, 6.45) is 0. The van der Waals surface area contributed by atoms with Crippen molar-refractivity contribution in [3.63, 3.8) is 0 Å². The van der Waals surface area contributed by atoms with Crippen molar-refractivity contribution in [3.05, 3.63) is 78.9 Å². The normalized spacial score (nSPS) is 10.7. The average molecular weight is 333 g/mol. The molecule has 1 aromatic heterocycles. The Balaban J connectivity index is 0.000000368. The lowest BCUT2D eigenvalue weighted by Gasteiger charge is -2.05. The van der Waals surface area contributed by atoms with Gasteiger partial charge in [-0.25, -0.2) is 0 Å². The number of hydrogen-bond donors (Lipinski definition) is 0. The third-order valence-electron chi connectivity index (χ3n) is 3.37. The van der Waals surface area contributed by atoms with Crippen molar-refractivity contribution >= 4 is 7.25 Å². The van der Waals surface area contributed by atoms with Crippen molar-refractivity contribution in [2.75, 3.05) is 0 Å². The van der Waals surface area contributed by atoms with Crippen molar-refractivity contribution in [1.29, 1.82) is 0 Å². The monoisotopic (exact) mass is 333 g/mol. The number of nitrogens with zero attached hydrogens (tertiary/aromatic N) is 1. The minimum absolute atomic E-state index is 1.22. The van der Waals surface area contributed by atoms with Crippen LogP contribution in [0.3, 0.4) is 0 Å². The quantitative estimate of drug-likeness (QED) is 0.347. The van der Waals surface area contributed by atoms with Gasteiger partial charge in [0.15, 0.2) is 0 Å². The molecule has 3 aromatic rings. The van der Waals surface area contributed by atoms with Crippen molar-refractivity contribution in [3.8, 4) is 22.5 Å². The molecule has 124 valence electrons. The van der Waals surface area contributed by atoms with Gasteiger partial charge in [0.2, 0.25) is 11.4 Å². The minimum atomic E-state index is -6.00. The Morgan fingerprint density at radius 1 is 0.583 bits per heavy atom. The van der Waals surface area contributed by atoms with Crippen molar-refractivity contribution in [1.82, 2.24) is 0 Å². The summed E-state index contributed by atoms with van der Waals surface area (Å²) >= 11 is 0. The molecule has 0 fully saturated rings. The standard InChI is InChI=1S/C18H16N.BF4/c1-19-17(15-9-4-2-5-10-15)13-8-14-18(19)16-11-6-3-7-12-16;2-1(3,4)5/h2-14H,1H3;/q+1;-1. The third-order valence-corrected chi connectivity index (χ3v) is 3.37. The van der Waals surface area contributed by atoms with Gasteiger partial charge in [0, 0.05) is 23.3 Å². The van der Waals surface area contributed by atoms with Gasteiger partial charge in [-0.1, -0.05) is 36.4 Å². The number of hydrogen-bond acceptors (Lipinski definition) is 0. The van der Waals surface area contributed by atoms with E-state index in [0.717, 1.165) is 0 Å². The lowest BCUT2D eigenvalue weighted by molar-refractivity contribution is -0.649. The molecule has 2 aromatic carbocycles. The Bertz CT molecular complexity index is 710. The molecular weight excluding hydrogens is 317 g/mol. The molecule has 1 nitrogen and oxygen atoms in total. The third kappa shape index (κ3) is 5.23. The van der Waals surface area contributed by atoms with E-state index in [1.165, 1.54) is 22.5 Å². The van der Waals surface area contributed by atoms with E-state index in [-0.39, 0.29) is 0 Å². The van der Waals surface area contributed by atoms with Crippen LogP contribution in [-0.4, -0.2) is 7.25 Å². The fourth-order valence-electron chi connectivity index (χ4n) is 2.38. The second-order valence-corrected chi connectivity index (χ2v) is 5.08. The van der Waals surface area contributed by atoms with Crippen LogP contribution >= 0.6 is 0 Å². The zero-order valence-corrected chi connectivity index (χ0v) is 13.0.